The van der Waals surface area contributed by atoms with Crippen LogP contribution in [-0.4, -0.2) is 22.2 Å². The molecule has 0 bridgehead atoms. The molecule has 5 heteroatoms. The Morgan fingerprint density at radius 3 is 2.68 bits per heavy atom. The van der Waals surface area contributed by atoms with Gasteiger partial charge in [0.05, 0.1) is 30.4 Å². The number of benzene rings is 3. The third-order valence-corrected chi connectivity index (χ3v) is 4.78. The molecule has 0 aliphatic rings. The van der Waals surface area contributed by atoms with Gasteiger partial charge >= 0.3 is 5.97 Å². The fourth-order valence-corrected chi connectivity index (χ4v) is 3.54. The lowest BCUT2D eigenvalue weighted by atomic mass is 10.0. The predicted molar refractivity (Wildman–Crippen MR) is 107 cm³/mol. The van der Waals surface area contributed by atoms with E-state index in [0.29, 0.717) is 11.3 Å². The van der Waals surface area contributed by atoms with E-state index in [1.54, 1.807) is 29.7 Å². The molecule has 0 radical (unpaired) electrons. The Labute approximate surface area is 162 Å². The zero-order valence-corrected chi connectivity index (χ0v) is 15.3. The van der Waals surface area contributed by atoms with E-state index in [-0.39, 0.29) is 13.2 Å². The number of carbonyl (C=O) groups is 1. The van der Waals surface area contributed by atoms with E-state index in [4.69, 9.17) is 4.74 Å². The van der Waals surface area contributed by atoms with Gasteiger partial charge in [0.1, 0.15) is 5.69 Å². The van der Waals surface area contributed by atoms with Crippen LogP contribution < -0.4 is 0 Å². The van der Waals surface area contributed by atoms with Crippen molar-refractivity contribution < 1.29 is 14.6 Å². The molecular weight excluding hydrogens is 352 g/mol. The van der Waals surface area contributed by atoms with Crippen molar-refractivity contribution in [2.75, 3.05) is 6.61 Å². The standard InChI is InChI=1S/C23H18N2O3/c1-2-28-23(27)22-12-17-8-7-15(13-24)9-21(17)25(22)19-10-16-5-3-4-6-20(16)18(11-19)14-26/h3-12,26H,2,14H2,1H3. The molecule has 0 spiro atoms. The second-order valence-corrected chi connectivity index (χ2v) is 6.46. The fraction of sp³-hybridized carbons (Fsp3) is 0.130. The lowest BCUT2D eigenvalue weighted by Gasteiger charge is -2.14. The van der Waals surface area contributed by atoms with Crippen LogP contribution in [0, 0.1) is 11.3 Å². The first-order chi connectivity index (χ1) is 13.7. The van der Waals surface area contributed by atoms with Crippen LogP contribution in [0.2, 0.25) is 0 Å². The zero-order valence-electron chi connectivity index (χ0n) is 15.3. The number of ether oxygens (including phenoxy) is 1. The highest BCUT2D eigenvalue weighted by molar-refractivity contribution is 5.98. The van der Waals surface area contributed by atoms with Gasteiger partial charge in [-0.15, -0.1) is 0 Å². The summed E-state index contributed by atoms with van der Waals surface area (Å²) in [5.41, 5.74) is 3.12. The average Bonchev–Trinajstić information content (AvgIpc) is 3.11. The average molecular weight is 370 g/mol. The molecule has 5 nitrogen and oxygen atoms in total. The minimum atomic E-state index is -0.434. The van der Waals surface area contributed by atoms with Crippen LogP contribution >= 0.6 is 0 Å². The Hall–Kier alpha value is -3.62. The molecule has 0 atom stereocenters. The molecule has 1 heterocycles. The summed E-state index contributed by atoms with van der Waals surface area (Å²) in [4.78, 5) is 12.6. The zero-order chi connectivity index (χ0) is 19.7. The molecule has 1 aromatic heterocycles. The maximum Gasteiger partial charge on any atom is 0.355 e. The molecule has 0 saturated carbocycles. The number of nitriles is 1. The highest BCUT2D eigenvalue weighted by Crippen LogP contribution is 2.30. The number of aromatic nitrogens is 1. The fourth-order valence-electron chi connectivity index (χ4n) is 3.54. The van der Waals surface area contributed by atoms with E-state index in [9.17, 15) is 15.2 Å². The number of aliphatic hydroxyl groups excluding tert-OH is 1. The number of nitrogens with zero attached hydrogens (tertiary/aromatic N) is 2. The normalized spacial score (nSPS) is 10.9. The number of aliphatic hydroxyl groups is 1. The molecule has 0 fully saturated rings. The van der Waals surface area contributed by atoms with Crippen molar-refractivity contribution >= 4 is 27.6 Å². The summed E-state index contributed by atoms with van der Waals surface area (Å²) in [6.07, 6.45) is 0. The highest BCUT2D eigenvalue weighted by Gasteiger charge is 2.19. The van der Waals surface area contributed by atoms with Crippen LogP contribution in [0.4, 0.5) is 0 Å². The Kier molecular flexibility index (Phi) is 4.56. The van der Waals surface area contributed by atoms with Gasteiger partial charge in [0.2, 0.25) is 0 Å². The predicted octanol–water partition coefficient (Wildman–Crippen LogP) is 4.32. The quantitative estimate of drug-likeness (QED) is 0.543. The van der Waals surface area contributed by atoms with Crippen LogP contribution in [0.5, 0.6) is 0 Å². The molecule has 0 amide bonds. The maximum atomic E-state index is 12.6. The summed E-state index contributed by atoms with van der Waals surface area (Å²) in [6.45, 7) is 1.91. The monoisotopic (exact) mass is 370 g/mol. The van der Waals surface area contributed by atoms with Crippen LogP contribution in [-0.2, 0) is 11.3 Å². The van der Waals surface area contributed by atoms with Crippen molar-refractivity contribution in [3.63, 3.8) is 0 Å². The number of hydrogen-bond donors (Lipinski definition) is 1. The van der Waals surface area contributed by atoms with Crippen LogP contribution in [0.15, 0.2) is 60.7 Å². The van der Waals surface area contributed by atoms with Crippen molar-refractivity contribution in [1.29, 1.82) is 5.26 Å². The topological polar surface area (TPSA) is 75.2 Å². The Morgan fingerprint density at radius 2 is 1.93 bits per heavy atom. The first-order valence-corrected chi connectivity index (χ1v) is 9.02. The maximum absolute atomic E-state index is 12.6. The van der Waals surface area contributed by atoms with Crippen molar-refractivity contribution in [2.24, 2.45) is 0 Å². The molecule has 138 valence electrons. The summed E-state index contributed by atoms with van der Waals surface area (Å²) in [5.74, 6) is -0.434. The highest BCUT2D eigenvalue weighted by atomic mass is 16.5. The van der Waals surface area contributed by atoms with Crippen molar-refractivity contribution in [3.05, 3.63) is 77.5 Å². The largest absolute Gasteiger partial charge is 0.461 e. The molecular formula is C23H18N2O3. The Balaban J connectivity index is 2.06. The van der Waals surface area contributed by atoms with Gasteiger partial charge in [-0.2, -0.15) is 5.26 Å². The molecule has 28 heavy (non-hydrogen) atoms. The van der Waals surface area contributed by atoms with E-state index in [0.717, 1.165) is 32.9 Å². The molecule has 4 rings (SSSR count). The molecule has 0 aliphatic heterocycles. The van der Waals surface area contributed by atoms with Crippen LogP contribution in [0.1, 0.15) is 28.5 Å². The number of carbonyl (C=O) groups excluding carboxylic acids is 1. The number of esters is 1. The summed E-state index contributed by atoms with van der Waals surface area (Å²) >= 11 is 0. The number of hydrogen-bond acceptors (Lipinski definition) is 4. The number of rotatable bonds is 4. The van der Waals surface area contributed by atoms with Gasteiger partial charge in [-0.05, 0) is 53.6 Å². The minimum Gasteiger partial charge on any atom is -0.461 e. The van der Waals surface area contributed by atoms with E-state index >= 15 is 0 Å². The summed E-state index contributed by atoms with van der Waals surface area (Å²) < 4.78 is 7.04. The molecule has 3 aromatic carbocycles. The Bertz CT molecular complexity index is 1250. The second-order valence-electron chi connectivity index (χ2n) is 6.46. The lowest BCUT2D eigenvalue weighted by Crippen LogP contribution is -2.11. The summed E-state index contributed by atoms with van der Waals surface area (Å²) in [7, 11) is 0. The molecule has 0 saturated heterocycles. The number of fused-ring (bicyclic) bond motifs is 2. The summed E-state index contributed by atoms with van der Waals surface area (Å²) in [5, 5.41) is 21.9. The second kappa shape index (κ2) is 7.18. The van der Waals surface area contributed by atoms with Crippen molar-refractivity contribution in [1.82, 2.24) is 4.57 Å². The first kappa shape index (κ1) is 17.8. The van der Waals surface area contributed by atoms with Gasteiger partial charge in [-0.1, -0.05) is 30.3 Å². The van der Waals surface area contributed by atoms with E-state index in [2.05, 4.69) is 6.07 Å². The molecule has 1 N–H and O–H groups in total. The van der Waals surface area contributed by atoms with Gasteiger partial charge < -0.3 is 14.4 Å². The Morgan fingerprint density at radius 1 is 1.11 bits per heavy atom. The third kappa shape index (κ3) is 2.90. The molecule has 0 aliphatic carbocycles. The third-order valence-electron chi connectivity index (χ3n) is 4.78. The van der Waals surface area contributed by atoms with Gasteiger partial charge in [0.25, 0.3) is 0 Å². The van der Waals surface area contributed by atoms with Crippen molar-refractivity contribution in [3.8, 4) is 11.8 Å². The van der Waals surface area contributed by atoms with E-state index in [1.165, 1.54) is 0 Å². The SMILES string of the molecule is CCOC(=O)c1cc2ccc(C#N)cc2n1-c1cc(CO)c2ccccc2c1. The minimum absolute atomic E-state index is 0.119. The molecule has 0 unspecified atom stereocenters. The summed E-state index contributed by atoms with van der Waals surface area (Å²) in [6, 6.07) is 20.8. The van der Waals surface area contributed by atoms with Crippen LogP contribution in [0.3, 0.4) is 0 Å². The van der Waals surface area contributed by atoms with Gasteiger partial charge in [0.15, 0.2) is 0 Å². The van der Waals surface area contributed by atoms with Gasteiger partial charge in [-0.25, -0.2) is 4.79 Å². The van der Waals surface area contributed by atoms with E-state index in [1.807, 2.05) is 42.5 Å². The first-order valence-electron chi connectivity index (χ1n) is 9.02. The lowest BCUT2D eigenvalue weighted by molar-refractivity contribution is 0.0517. The smallest absolute Gasteiger partial charge is 0.355 e. The van der Waals surface area contributed by atoms with Crippen molar-refractivity contribution in [2.45, 2.75) is 13.5 Å². The molecule has 4 aromatic rings. The van der Waals surface area contributed by atoms with Crippen LogP contribution in [0.25, 0.3) is 27.4 Å². The van der Waals surface area contributed by atoms with E-state index < -0.39 is 5.97 Å². The van der Waals surface area contributed by atoms with Gasteiger partial charge in [0, 0.05) is 11.1 Å². The van der Waals surface area contributed by atoms with Gasteiger partial charge in [-0.3, -0.25) is 0 Å².